The van der Waals surface area contributed by atoms with Crippen molar-refractivity contribution in [2.45, 2.75) is 25.3 Å². The summed E-state index contributed by atoms with van der Waals surface area (Å²) in [7, 11) is 0. The maximum absolute atomic E-state index is 13.6. The predicted molar refractivity (Wildman–Crippen MR) is 68.9 cm³/mol. The fourth-order valence-electron chi connectivity index (χ4n) is 1.90. The number of amides is 2. The van der Waals surface area contributed by atoms with E-state index in [1.54, 1.807) is 6.92 Å². The molecule has 2 amide bonds. The summed E-state index contributed by atoms with van der Waals surface area (Å²) in [6, 6.07) is 3.55. The number of hydrogen-bond donors (Lipinski definition) is 3. The van der Waals surface area contributed by atoms with Gasteiger partial charge in [0.2, 0.25) is 11.8 Å². The molecule has 1 atom stereocenters. The summed E-state index contributed by atoms with van der Waals surface area (Å²) in [6.07, 6.45) is 1.79. The Bertz CT molecular complexity index is 539. The first kappa shape index (κ1) is 13.5. The number of nitrogens with one attached hydrogen (secondary N) is 1. The quantitative estimate of drug-likeness (QED) is 0.757. The van der Waals surface area contributed by atoms with E-state index >= 15 is 0 Å². The monoisotopic (exact) mass is 265 g/mol. The third-order valence-electron chi connectivity index (χ3n) is 3.41. The molecular formula is C13H16FN3O2. The van der Waals surface area contributed by atoms with Crippen LogP contribution < -0.4 is 16.8 Å². The standard InChI is InChI=1S/C13H16FN3O2/c1-13(16,8-3-4-8)12(19)17-10-6-7(11(15)18)2-5-9(10)14/h2,5-6,8H,3-4,16H2,1H3,(H2,15,18)(H,17,19). The molecule has 6 heteroatoms. The van der Waals surface area contributed by atoms with Crippen LogP contribution in [0.25, 0.3) is 0 Å². The van der Waals surface area contributed by atoms with Crippen LogP contribution in [-0.4, -0.2) is 17.4 Å². The fourth-order valence-corrected chi connectivity index (χ4v) is 1.90. The Morgan fingerprint density at radius 3 is 2.58 bits per heavy atom. The average Bonchev–Trinajstić information content (AvgIpc) is 3.15. The number of primary amides is 1. The second kappa shape index (κ2) is 4.62. The van der Waals surface area contributed by atoms with Gasteiger partial charge in [-0.1, -0.05) is 0 Å². The Morgan fingerprint density at radius 2 is 2.05 bits per heavy atom. The Labute approximate surface area is 110 Å². The highest BCUT2D eigenvalue weighted by Crippen LogP contribution is 2.38. The second-order valence-corrected chi connectivity index (χ2v) is 5.07. The molecule has 0 saturated heterocycles. The van der Waals surface area contributed by atoms with Crippen molar-refractivity contribution in [2.24, 2.45) is 17.4 Å². The molecule has 0 heterocycles. The van der Waals surface area contributed by atoms with Gasteiger partial charge in [0, 0.05) is 5.56 Å². The molecule has 5 nitrogen and oxygen atoms in total. The molecule has 0 bridgehead atoms. The molecule has 102 valence electrons. The van der Waals surface area contributed by atoms with Gasteiger partial charge in [0.25, 0.3) is 0 Å². The molecule has 1 aliphatic rings. The van der Waals surface area contributed by atoms with Gasteiger partial charge in [0.1, 0.15) is 5.82 Å². The Morgan fingerprint density at radius 1 is 1.42 bits per heavy atom. The number of benzene rings is 1. The number of anilines is 1. The van der Waals surface area contributed by atoms with Crippen molar-refractivity contribution in [3.05, 3.63) is 29.6 Å². The van der Waals surface area contributed by atoms with Crippen LogP contribution in [-0.2, 0) is 4.79 Å². The smallest absolute Gasteiger partial charge is 0.248 e. The van der Waals surface area contributed by atoms with Crippen LogP contribution in [0.5, 0.6) is 0 Å². The molecule has 1 unspecified atom stereocenters. The highest BCUT2D eigenvalue weighted by atomic mass is 19.1. The lowest BCUT2D eigenvalue weighted by atomic mass is 9.96. The summed E-state index contributed by atoms with van der Waals surface area (Å²) < 4.78 is 13.6. The minimum atomic E-state index is -1.03. The van der Waals surface area contributed by atoms with Gasteiger partial charge in [-0.25, -0.2) is 4.39 Å². The van der Waals surface area contributed by atoms with Gasteiger partial charge >= 0.3 is 0 Å². The molecular weight excluding hydrogens is 249 g/mol. The molecule has 1 aliphatic carbocycles. The summed E-state index contributed by atoms with van der Waals surface area (Å²) in [5, 5.41) is 2.42. The second-order valence-electron chi connectivity index (χ2n) is 5.07. The van der Waals surface area contributed by atoms with Gasteiger partial charge in [-0.15, -0.1) is 0 Å². The zero-order valence-electron chi connectivity index (χ0n) is 10.6. The van der Waals surface area contributed by atoms with E-state index in [9.17, 15) is 14.0 Å². The van der Waals surface area contributed by atoms with E-state index in [2.05, 4.69) is 5.32 Å². The Hall–Kier alpha value is -1.95. The van der Waals surface area contributed by atoms with Crippen LogP contribution in [0.2, 0.25) is 0 Å². The molecule has 1 aromatic carbocycles. The van der Waals surface area contributed by atoms with Gasteiger partial charge in [-0.3, -0.25) is 9.59 Å². The van der Waals surface area contributed by atoms with Crippen molar-refractivity contribution < 1.29 is 14.0 Å². The van der Waals surface area contributed by atoms with Crippen LogP contribution in [0.4, 0.5) is 10.1 Å². The summed E-state index contributed by atoms with van der Waals surface area (Å²) in [5.74, 6) is -1.66. The normalized spacial score (nSPS) is 17.6. The summed E-state index contributed by atoms with van der Waals surface area (Å²) >= 11 is 0. The molecule has 1 saturated carbocycles. The molecule has 1 aromatic rings. The lowest BCUT2D eigenvalue weighted by Crippen LogP contribution is -2.50. The van der Waals surface area contributed by atoms with E-state index in [4.69, 9.17) is 11.5 Å². The van der Waals surface area contributed by atoms with Crippen molar-refractivity contribution in [3.8, 4) is 0 Å². The largest absolute Gasteiger partial charge is 0.366 e. The first-order valence-electron chi connectivity index (χ1n) is 6.02. The van der Waals surface area contributed by atoms with Gasteiger partial charge < -0.3 is 16.8 Å². The van der Waals surface area contributed by atoms with Crippen LogP contribution in [0, 0.1) is 11.7 Å². The summed E-state index contributed by atoms with van der Waals surface area (Å²) in [4.78, 5) is 23.1. The number of hydrogen-bond acceptors (Lipinski definition) is 3. The van der Waals surface area contributed by atoms with E-state index in [-0.39, 0.29) is 17.2 Å². The lowest BCUT2D eigenvalue weighted by Gasteiger charge is -2.23. The fraction of sp³-hybridized carbons (Fsp3) is 0.385. The lowest BCUT2D eigenvalue weighted by molar-refractivity contribution is -0.121. The first-order chi connectivity index (χ1) is 8.82. The maximum Gasteiger partial charge on any atom is 0.248 e. The van der Waals surface area contributed by atoms with E-state index < -0.39 is 23.2 Å². The zero-order valence-corrected chi connectivity index (χ0v) is 10.6. The SMILES string of the molecule is CC(N)(C(=O)Nc1cc(C(N)=O)ccc1F)C1CC1. The third kappa shape index (κ3) is 2.73. The number of carbonyl (C=O) groups is 2. The van der Waals surface area contributed by atoms with E-state index in [1.807, 2.05) is 0 Å². The molecule has 1 fully saturated rings. The third-order valence-corrected chi connectivity index (χ3v) is 3.41. The topological polar surface area (TPSA) is 98.2 Å². The molecule has 0 spiro atoms. The van der Waals surface area contributed by atoms with Crippen LogP contribution >= 0.6 is 0 Å². The first-order valence-corrected chi connectivity index (χ1v) is 6.02. The maximum atomic E-state index is 13.6. The minimum Gasteiger partial charge on any atom is -0.366 e. The number of halogens is 1. The highest BCUT2D eigenvalue weighted by Gasteiger charge is 2.44. The van der Waals surface area contributed by atoms with Crippen molar-refractivity contribution >= 4 is 17.5 Å². The predicted octanol–water partition coefficient (Wildman–Crippen LogP) is 0.990. The van der Waals surface area contributed by atoms with E-state index in [1.165, 1.54) is 12.1 Å². The van der Waals surface area contributed by atoms with Gasteiger partial charge in [0.15, 0.2) is 0 Å². The van der Waals surface area contributed by atoms with Crippen LogP contribution in [0.1, 0.15) is 30.1 Å². The molecule has 5 N–H and O–H groups in total. The molecule has 0 radical (unpaired) electrons. The molecule has 0 aliphatic heterocycles. The number of rotatable bonds is 4. The van der Waals surface area contributed by atoms with Gasteiger partial charge in [-0.2, -0.15) is 0 Å². The summed E-state index contributed by atoms with van der Waals surface area (Å²) in [6.45, 7) is 1.62. The van der Waals surface area contributed by atoms with Gasteiger partial charge in [0.05, 0.1) is 11.2 Å². The Kier molecular flexibility index (Phi) is 3.28. The van der Waals surface area contributed by atoms with Crippen LogP contribution in [0.15, 0.2) is 18.2 Å². The Balaban J connectivity index is 2.20. The molecule has 2 rings (SSSR count). The molecule has 19 heavy (non-hydrogen) atoms. The van der Waals surface area contributed by atoms with Crippen LogP contribution in [0.3, 0.4) is 0 Å². The average molecular weight is 265 g/mol. The summed E-state index contributed by atoms with van der Waals surface area (Å²) in [5.41, 5.74) is 10.1. The van der Waals surface area contributed by atoms with Gasteiger partial charge in [-0.05, 0) is 43.9 Å². The zero-order chi connectivity index (χ0) is 14.2. The van der Waals surface area contributed by atoms with Crippen molar-refractivity contribution in [1.82, 2.24) is 0 Å². The highest BCUT2D eigenvalue weighted by molar-refractivity contribution is 6.00. The minimum absolute atomic E-state index is 0.0846. The van der Waals surface area contributed by atoms with Crippen molar-refractivity contribution in [1.29, 1.82) is 0 Å². The van der Waals surface area contributed by atoms with Crippen molar-refractivity contribution in [2.75, 3.05) is 5.32 Å². The van der Waals surface area contributed by atoms with E-state index in [0.29, 0.717) is 0 Å². The van der Waals surface area contributed by atoms with Crippen molar-refractivity contribution in [3.63, 3.8) is 0 Å². The molecule has 0 aromatic heterocycles. The number of carbonyl (C=O) groups excluding carboxylic acids is 2. The number of nitrogens with two attached hydrogens (primary N) is 2. The van der Waals surface area contributed by atoms with E-state index in [0.717, 1.165) is 18.9 Å².